The minimum Gasteiger partial charge on any atom is -0.508 e. The lowest BCUT2D eigenvalue weighted by Crippen LogP contribution is -2.58. The molecule has 0 saturated carbocycles. The molecule has 0 aliphatic carbocycles. The van der Waals surface area contributed by atoms with Crippen LogP contribution in [0.3, 0.4) is 0 Å². The van der Waals surface area contributed by atoms with Crippen LogP contribution in [0, 0.1) is 5.92 Å². The normalized spacial score (nSPS) is 11.1. The molecule has 0 fully saturated rings. The van der Waals surface area contributed by atoms with Crippen LogP contribution in [-0.2, 0) is 59.0 Å². The number of amides is 6. The van der Waals surface area contributed by atoms with Gasteiger partial charge in [-0.25, -0.2) is 0 Å². The first kappa shape index (κ1) is 56.4. The van der Waals surface area contributed by atoms with Gasteiger partial charge in [-0.05, 0) is 72.6 Å². The Morgan fingerprint density at radius 2 is 0.870 bits per heavy atom. The summed E-state index contributed by atoms with van der Waals surface area (Å²) in [4.78, 5) is 101. The molecule has 0 bridgehead atoms. The number of benzene rings is 3. The van der Waals surface area contributed by atoms with Crippen molar-refractivity contribution < 1.29 is 67.9 Å². The van der Waals surface area contributed by atoms with E-state index in [0.717, 1.165) is 5.56 Å². The van der Waals surface area contributed by atoms with Gasteiger partial charge in [-0.1, -0.05) is 26.0 Å². The molecule has 0 aliphatic heterocycles. The lowest BCUT2D eigenvalue weighted by atomic mass is 10.0. The smallest absolute Gasteiger partial charge is 0.226 e. The van der Waals surface area contributed by atoms with E-state index in [-0.39, 0.29) is 170 Å². The SMILES string of the molecule is CC(C)C(=O)CCCC(=O)NC(COCCC(=O)NCCC(=O)Cc1ccc(O)cc1)(COCCC(=O)NCCC(=O)Nc1ccc(O)cc1)COCCC(=O)NCCC(=O)Nc1ccc(O)cc1. The number of nitrogens with one attached hydrogen (secondary N) is 6. The van der Waals surface area contributed by atoms with Crippen molar-refractivity contribution in [3.05, 3.63) is 78.4 Å². The van der Waals surface area contributed by atoms with Gasteiger partial charge in [0.05, 0.1) is 39.6 Å². The van der Waals surface area contributed by atoms with Crippen LogP contribution in [-0.4, -0.2) is 127 Å². The zero-order chi connectivity index (χ0) is 50.4. The van der Waals surface area contributed by atoms with Crippen LogP contribution in [0.15, 0.2) is 72.8 Å². The topological polar surface area (TPSA) is 297 Å². The first-order valence-corrected chi connectivity index (χ1v) is 22.9. The predicted octanol–water partition coefficient (Wildman–Crippen LogP) is 3.18. The number of hydrogen-bond acceptors (Lipinski definition) is 14. The van der Waals surface area contributed by atoms with Crippen LogP contribution in [0.25, 0.3) is 0 Å². The van der Waals surface area contributed by atoms with Gasteiger partial charge in [-0.15, -0.1) is 0 Å². The fourth-order valence-electron chi connectivity index (χ4n) is 6.30. The third-order valence-corrected chi connectivity index (χ3v) is 10.1. The lowest BCUT2D eigenvalue weighted by Gasteiger charge is -2.34. The summed E-state index contributed by atoms with van der Waals surface area (Å²) in [5.74, 6) is -2.51. The largest absolute Gasteiger partial charge is 0.508 e. The van der Waals surface area contributed by atoms with Crippen molar-refractivity contribution in [3.63, 3.8) is 0 Å². The van der Waals surface area contributed by atoms with E-state index >= 15 is 0 Å². The molecular weight excluding hydrogens is 897 g/mol. The standard InChI is InChI=1S/C49H66N6O14/c1-34(2)42(60)4-3-5-48(66)55-49(31-67-27-21-43(61)50-24-18-41(59)30-35-6-12-38(56)13-7-35,32-68-28-22-44(62)51-25-19-46(64)53-36-8-14-39(57)15-9-36)33-69-29-23-45(63)52-26-20-47(65)54-37-10-16-40(58)17-11-37/h6-17,34,56-58H,3-5,18-33H2,1-2H3,(H,50,61)(H,51,62)(H,52,63)(H,53,64)(H,54,65)(H,55,66). The minimum atomic E-state index is -1.41. The number of aromatic hydroxyl groups is 3. The Morgan fingerprint density at radius 1 is 0.478 bits per heavy atom. The maximum atomic E-state index is 13.4. The second-order valence-electron chi connectivity index (χ2n) is 16.6. The average Bonchev–Trinajstić information content (AvgIpc) is 3.30. The zero-order valence-corrected chi connectivity index (χ0v) is 39.3. The summed E-state index contributed by atoms with van der Waals surface area (Å²) < 4.78 is 17.8. The van der Waals surface area contributed by atoms with Gasteiger partial charge in [0, 0.05) is 94.7 Å². The quantitative estimate of drug-likeness (QED) is 0.0307. The van der Waals surface area contributed by atoms with Crippen LogP contribution in [0.4, 0.5) is 11.4 Å². The first-order chi connectivity index (χ1) is 33.0. The summed E-state index contributed by atoms with van der Waals surface area (Å²) in [6.07, 6.45) is 0.263. The predicted molar refractivity (Wildman–Crippen MR) is 254 cm³/mol. The van der Waals surface area contributed by atoms with Crippen molar-refractivity contribution in [1.29, 1.82) is 0 Å². The molecule has 0 aromatic heterocycles. The number of rotatable bonds is 34. The van der Waals surface area contributed by atoms with Crippen LogP contribution >= 0.6 is 0 Å². The molecule has 3 aromatic carbocycles. The summed E-state index contributed by atoms with van der Waals surface area (Å²) in [6.45, 7) is 2.61. The highest BCUT2D eigenvalue weighted by Gasteiger charge is 2.34. The summed E-state index contributed by atoms with van der Waals surface area (Å²) in [6, 6.07) is 18.1. The van der Waals surface area contributed by atoms with E-state index in [2.05, 4.69) is 31.9 Å². The van der Waals surface area contributed by atoms with Crippen molar-refractivity contribution in [1.82, 2.24) is 21.3 Å². The Morgan fingerprint density at radius 3 is 1.28 bits per heavy atom. The highest BCUT2D eigenvalue weighted by atomic mass is 16.5. The van der Waals surface area contributed by atoms with Gasteiger partial charge in [0.1, 0.15) is 34.4 Å². The van der Waals surface area contributed by atoms with Crippen molar-refractivity contribution in [2.45, 2.75) is 83.6 Å². The molecular formula is C49H66N6O14. The first-order valence-electron chi connectivity index (χ1n) is 22.9. The highest BCUT2D eigenvalue weighted by Crippen LogP contribution is 2.16. The molecule has 0 heterocycles. The minimum absolute atomic E-state index is 0.00320. The number of carbonyl (C=O) groups is 8. The maximum Gasteiger partial charge on any atom is 0.226 e. The molecule has 3 aromatic rings. The van der Waals surface area contributed by atoms with Gasteiger partial charge in [0.25, 0.3) is 0 Å². The average molecular weight is 963 g/mol. The number of hydrogen-bond donors (Lipinski definition) is 9. The van der Waals surface area contributed by atoms with E-state index < -0.39 is 29.2 Å². The number of carbonyl (C=O) groups excluding carboxylic acids is 8. The maximum absolute atomic E-state index is 13.4. The van der Waals surface area contributed by atoms with Gasteiger partial charge < -0.3 is 61.4 Å². The van der Waals surface area contributed by atoms with Gasteiger partial charge in [0.15, 0.2) is 0 Å². The third kappa shape index (κ3) is 25.2. The fraction of sp³-hybridized carbons (Fsp3) is 0.469. The zero-order valence-electron chi connectivity index (χ0n) is 39.3. The van der Waals surface area contributed by atoms with E-state index in [0.29, 0.717) is 11.4 Å². The monoisotopic (exact) mass is 962 g/mol. The molecule has 0 saturated heterocycles. The number of ketones is 2. The number of ether oxygens (including phenoxy) is 3. The summed E-state index contributed by atoms with van der Waals surface area (Å²) in [7, 11) is 0. The Bertz CT molecular complexity index is 1910. The molecule has 69 heavy (non-hydrogen) atoms. The Hall–Kier alpha value is -6.90. The Balaban J connectivity index is 1.58. The van der Waals surface area contributed by atoms with E-state index in [1.807, 2.05) is 0 Å². The van der Waals surface area contributed by atoms with Crippen LogP contribution < -0.4 is 31.9 Å². The fourth-order valence-corrected chi connectivity index (χ4v) is 6.30. The molecule has 20 nitrogen and oxygen atoms in total. The molecule has 0 unspecified atom stereocenters. The third-order valence-electron chi connectivity index (χ3n) is 10.1. The molecule has 6 amide bonds. The molecule has 0 atom stereocenters. The van der Waals surface area contributed by atoms with Crippen molar-refractivity contribution in [2.24, 2.45) is 5.92 Å². The van der Waals surface area contributed by atoms with Gasteiger partial charge in [-0.3, -0.25) is 38.4 Å². The molecule has 0 radical (unpaired) electrons. The molecule has 9 N–H and O–H groups in total. The van der Waals surface area contributed by atoms with Crippen LogP contribution in [0.5, 0.6) is 17.2 Å². The van der Waals surface area contributed by atoms with E-state index in [1.165, 1.54) is 60.7 Å². The Kier molecular flexibility index (Phi) is 25.5. The van der Waals surface area contributed by atoms with Crippen molar-refractivity contribution in [3.8, 4) is 17.2 Å². The number of Topliss-reactive ketones (excluding diaryl/α,β-unsaturated/α-hetero) is 2. The number of phenolic OH excluding ortho intramolecular Hbond substituents is 3. The van der Waals surface area contributed by atoms with Gasteiger partial charge in [-0.2, -0.15) is 0 Å². The van der Waals surface area contributed by atoms with Gasteiger partial charge >= 0.3 is 0 Å². The van der Waals surface area contributed by atoms with E-state index in [9.17, 15) is 53.7 Å². The van der Waals surface area contributed by atoms with Crippen LogP contribution in [0.1, 0.15) is 77.2 Å². The molecule has 0 spiro atoms. The Labute approximate surface area is 401 Å². The summed E-state index contributed by atoms with van der Waals surface area (Å²) in [5, 5.41) is 44.6. The van der Waals surface area contributed by atoms with Crippen LogP contribution in [0.2, 0.25) is 0 Å². The number of anilines is 2. The van der Waals surface area contributed by atoms with E-state index in [1.54, 1.807) is 26.0 Å². The lowest BCUT2D eigenvalue weighted by molar-refractivity contribution is -0.131. The van der Waals surface area contributed by atoms with Crippen molar-refractivity contribution in [2.75, 3.05) is 69.9 Å². The van der Waals surface area contributed by atoms with Gasteiger partial charge in [0.2, 0.25) is 35.4 Å². The van der Waals surface area contributed by atoms with E-state index in [4.69, 9.17) is 14.2 Å². The molecule has 376 valence electrons. The molecule has 20 heteroatoms. The summed E-state index contributed by atoms with van der Waals surface area (Å²) >= 11 is 0. The summed E-state index contributed by atoms with van der Waals surface area (Å²) in [5.41, 5.74) is 0.273. The second-order valence-corrected chi connectivity index (χ2v) is 16.6. The molecule has 0 aliphatic rings. The highest BCUT2D eigenvalue weighted by molar-refractivity contribution is 5.92. The number of phenols is 3. The second kappa shape index (κ2) is 31.2. The molecule has 3 rings (SSSR count). The van der Waals surface area contributed by atoms with Crippen molar-refractivity contribution >= 4 is 58.4 Å².